The molecule has 1 N–H and O–H groups in total. The van der Waals surface area contributed by atoms with Gasteiger partial charge in [-0.1, -0.05) is 12.1 Å². The molecule has 4 aromatic rings. The third-order valence-electron chi connectivity index (χ3n) is 5.17. The van der Waals surface area contributed by atoms with Crippen LogP contribution < -0.4 is 10.1 Å². The summed E-state index contributed by atoms with van der Waals surface area (Å²) in [4.78, 5) is 4.78. The molecular formula is C23H23FN4O. The van der Waals surface area contributed by atoms with E-state index in [9.17, 15) is 4.39 Å². The number of hydrogen-bond acceptors (Lipinski definition) is 4. The molecule has 0 spiro atoms. The zero-order valence-corrected chi connectivity index (χ0v) is 16.7. The first-order chi connectivity index (χ1) is 14.0. The molecule has 0 aliphatic rings. The van der Waals surface area contributed by atoms with Crippen LogP contribution in [0.15, 0.2) is 54.7 Å². The standard InChI is InChI=1S/C23H23FN4O/c1-15-19(14-26-28(15)2)13-25-12-18-9-16-7-8-20(24)11-22(16)27-23(18)17-5-4-6-21(10-17)29-3/h4-11,14,25H,12-13H2,1-3H3. The maximum atomic E-state index is 13.7. The fourth-order valence-electron chi connectivity index (χ4n) is 3.39. The van der Waals surface area contributed by atoms with Gasteiger partial charge in [-0.05, 0) is 42.8 Å². The van der Waals surface area contributed by atoms with Gasteiger partial charge < -0.3 is 10.1 Å². The number of aromatic nitrogens is 3. The molecule has 29 heavy (non-hydrogen) atoms. The number of nitrogens with zero attached hydrogens (tertiary/aromatic N) is 3. The van der Waals surface area contributed by atoms with Crippen LogP contribution in [0.5, 0.6) is 5.75 Å². The van der Waals surface area contributed by atoms with E-state index in [-0.39, 0.29) is 5.82 Å². The molecule has 5 nitrogen and oxygen atoms in total. The minimum absolute atomic E-state index is 0.292. The van der Waals surface area contributed by atoms with Gasteiger partial charge in [0, 0.05) is 48.4 Å². The Kier molecular flexibility index (Phi) is 5.27. The molecule has 2 heterocycles. The molecule has 2 aromatic carbocycles. The van der Waals surface area contributed by atoms with Gasteiger partial charge in [-0.25, -0.2) is 9.37 Å². The number of rotatable bonds is 6. The molecule has 0 aliphatic heterocycles. The molecule has 6 heteroatoms. The van der Waals surface area contributed by atoms with E-state index < -0.39 is 0 Å². The van der Waals surface area contributed by atoms with Crippen LogP contribution in [0.3, 0.4) is 0 Å². The predicted octanol–water partition coefficient (Wildman–Crippen LogP) is 4.38. The quantitative estimate of drug-likeness (QED) is 0.531. The second kappa shape index (κ2) is 8.01. The van der Waals surface area contributed by atoms with E-state index in [2.05, 4.69) is 23.4 Å². The Bertz CT molecular complexity index is 1170. The van der Waals surface area contributed by atoms with Gasteiger partial charge in [-0.3, -0.25) is 4.68 Å². The van der Waals surface area contributed by atoms with Gasteiger partial charge >= 0.3 is 0 Å². The molecule has 0 atom stereocenters. The van der Waals surface area contributed by atoms with Crippen molar-refractivity contribution in [3.8, 4) is 17.0 Å². The van der Waals surface area contributed by atoms with Crippen LogP contribution in [0.2, 0.25) is 0 Å². The van der Waals surface area contributed by atoms with Crippen LogP contribution in [0, 0.1) is 12.7 Å². The van der Waals surface area contributed by atoms with Crippen LogP contribution in [-0.2, 0) is 20.1 Å². The van der Waals surface area contributed by atoms with Crippen LogP contribution >= 0.6 is 0 Å². The van der Waals surface area contributed by atoms with E-state index in [1.807, 2.05) is 42.2 Å². The van der Waals surface area contributed by atoms with Crippen molar-refractivity contribution < 1.29 is 9.13 Å². The molecule has 148 valence electrons. The molecular weight excluding hydrogens is 367 g/mol. The van der Waals surface area contributed by atoms with Crippen molar-refractivity contribution in [2.45, 2.75) is 20.0 Å². The maximum absolute atomic E-state index is 13.7. The minimum Gasteiger partial charge on any atom is -0.497 e. The average Bonchev–Trinajstić information content (AvgIpc) is 3.05. The number of fused-ring (bicyclic) bond motifs is 1. The second-order valence-electron chi connectivity index (χ2n) is 7.05. The van der Waals surface area contributed by atoms with E-state index in [4.69, 9.17) is 9.72 Å². The number of pyridine rings is 1. The molecule has 0 fully saturated rings. The third-order valence-corrected chi connectivity index (χ3v) is 5.17. The van der Waals surface area contributed by atoms with Gasteiger partial charge in [0.15, 0.2) is 0 Å². The van der Waals surface area contributed by atoms with Crippen LogP contribution in [0.4, 0.5) is 4.39 Å². The molecule has 0 amide bonds. The summed E-state index contributed by atoms with van der Waals surface area (Å²) >= 11 is 0. The molecule has 0 aliphatic carbocycles. The van der Waals surface area contributed by atoms with Gasteiger partial charge in [-0.2, -0.15) is 5.10 Å². The van der Waals surface area contributed by atoms with Crippen molar-refractivity contribution in [3.63, 3.8) is 0 Å². The van der Waals surface area contributed by atoms with Crippen LogP contribution in [0.25, 0.3) is 22.2 Å². The van der Waals surface area contributed by atoms with Gasteiger partial charge in [0.05, 0.1) is 24.5 Å². The number of methoxy groups -OCH3 is 1. The Hall–Kier alpha value is -3.25. The first-order valence-corrected chi connectivity index (χ1v) is 9.47. The third kappa shape index (κ3) is 3.98. The minimum atomic E-state index is -0.292. The van der Waals surface area contributed by atoms with Crippen LogP contribution in [0.1, 0.15) is 16.8 Å². The van der Waals surface area contributed by atoms with Gasteiger partial charge in [0.1, 0.15) is 11.6 Å². The van der Waals surface area contributed by atoms with Crippen molar-refractivity contribution in [1.29, 1.82) is 0 Å². The summed E-state index contributed by atoms with van der Waals surface area (Å²) in [5.41, 5.74) is 5.72. The van der Waals surface area contributed by atoms with E-state index in [1.54, 1.807) is 13.2 Å². The normalized spacial score (nSPS) is 11.2. The monoisotopic (exact) mass is 390 g/mol. The van der Waals surface area contributed by atoms with Crippen molar-refractivity contribution in [1.82, 2.24) is 20.1 Å². The average molecular weight is 390 g/mol. The number of benzene rings is 2. The fourth-order valence-corrected chi connectivity index (χ4v) is 3.39. The number of halogens is 1. The van der Waals surface area contributed by atoms with Crippen molar-refractivity contribution in [2.24, 2.45) is 7.05 Å². The van der Waals surface area contributed by atoms with Gasteiger partial charge in [0.2, 0.25) is 0 Å². The summed E-state index contributed by atoms with van der Waals surface area (Å²) in [6.45, 7) is 3.39. The van der Waals surface area contributed by atoms with Gasteiger partial charge in [0.25, 0.3) is 0 Å². The highest BCUT2D eigenvalue weighted by Crippen LogP contribution is 2.28. The molecule has 0 saturated heterocycles. The lowest BCUT2D eigenvalue weighted by atomic mass is 10.0. The molecule has 2 aromatic heterocycles. The fraction of sp³-hybridized carbons (Fsp3) is 0.217. The molecule has 0 unspecified atom stereocenters. The lowest BCUT2D eigenvalue weighted by Gasteiger charge is -2.13. The van der Waals surface area contributed by atoms with Gasteiger partial charge in [-0.15, -0.1) is 0 Å². The molecule has 0 radical (unpaired) electrons. The highest BCUT2D eigenvalue weighted by Gasteiger charge is 2.12. The zero-order chi connectivity index (χ0) is 20.4. The number of nitrogens with one attached hydrogen (secondary N) is 1. The van der Waals surface area contributed by atoms with Crippen molar-refractivity contribution in [3.05, 3.63) is 77.4 Å². The lowest BCUT2D eigenvalue weighted by Crippen LogP contribution is -2.14. The number of ether oxygens (including phenoxy) is 1. The number of aryl methyl sites for hydroxylation is 1. The highest BCUT2D eigenvalue weighted by atomic mass is 19.1. The first-order valence-electron chi connectivity index (χ1n) is 9.47. The summed E-state index contributed by atoms with van der Waals surface area (Å²) in [5.74, 6) is 0.466. The summed E-state index contributed by atoms with van der Waals surface area (Å²) in [6.07, 6.45) is 1.88. The predicted molar refractivity (Wildman–Crippen MR) is 112 cm³/mol. The largest absolute Gasteiger partial charge is 0.497 e. The summed E-state index contributed by atoms with van der Waals surface area (Å²) in [5, 5.41) is 8.69. The molecule has 0 bridgehead atoms. The smallest absolute Gasteiger partial charge is 0.125 e. The Morgan fingerprint density at radius 2 is 1.90 bits per heavy atom. The van der Waals surface area contributed by atoms with E-state index in [1.165, 1.54) is 12.1 Å². The SMILES string of the molecule is COc1cccc(-c2nc3cc(F)ccc3cc2CNCc2cnn(C)c2C)c1. The van der Waals surface area contributed by atoms with E-state index in [0.29, 0.717) is 18.6 Å². The topological polar surface area (TPSA) is 52.0 Å². The second-order valence-corrected chi connectivity index (χ2v) is 7.05. The Balaban J connectivity index is 1.70. The zero-order valence-electron chi connectivity index (χ0n) is 16.7. The summed E-state index contributed by atoms with van der Waals surface area (Å²) in [6, 6.07) is 14.5. The first kappa shape index (κ1) is 19.1. The number of hydrogen-bond donors (Lipinski definition) is 1. The Morgan fingerprint density at radius 3 is 2.66 bits per heavy atom. The lowest BCUT2D eigenvalue weighted by molar-refractivity contribution is 0.415. The Labute approximate surface area is 169 Å². The highest BCUT2D eigenvalue weighted by molar-refractivity contribution is 5.83. The molecule has 0 saturated carbocycles. The maximum Gasteiger partial charge on any atom is 0.125 e. The van der Waals surface area contributed by atoms with Crippen molar-refractivity contribution in [2.75, 3.05) is 7.11 Å². The van der Waals surface area contributed by atoms with E-state index in [0.717, 1.165) is 39.2 Å². The Morgan fingerprint density at radius 1 is 1.07 bits per heavy atom. The van der Waals surface area contributed by atoms with Crippen LogP contribution in [-0.4, -0.2) is 21.9 Å². The summed E-state index contributed by atoms with van der Waals surface area (Å²) in [7, 11) is 3.58. The molecule has 4 rings (SSSR count). The van der Waals surface area contributed by atoms with E-state index >= 15 is 0 Å². The van der Waals surface area contributed by atoms with Crippen molar-refractivity contribution >= 4 is 10.9 Å². The summed E-state index contributed by atoms with van der Waals surface area (Å²) < 4.78 is 21.0.